The molecule has 2 aromatic rings. The lowest BCUT2D eigenvalue weighted by atomic mass is 9.93. The van der Waals surface area contributed by atoms with Crippen LogP contribution in [0.3, 0.4) is 0 Å². The molecule has 0 aliphatic heterocycles. The average Bonchev–Trinajstić information content (AvgIpc) is 2.48. The van der Waals surface area contributed by atoms with Gasteiger partial charge in [0.05, 0.1) is 7.11 Å². The quantitative estimate of drug-likeness (QED) is 0.876. The minimum absolute atomic E-state index is 0.0859. The first-order chi connectivity index (χ1) is 9.72. The predicted octanol–water partition coefficient (Wildman–Crippen LogP) is 3.23. The number of rotatable bonds is 6. The molecule has 0 bridgehead atoms. The fraction of sp³-hybridized carbons (Fsp3) is 0.294. The van der Waals surface area contributed by atoms with E-state index in [9.17, 15) is 9.50 Å². The Kier molecular flexibility index (Phi) is 5.13. The standard InChI is InChI=1S/C17H19FO2/c1-20-17-8-7-14(11-16(17)18)10-15(12-19)9-13-5-3-2-4-6-13/h2-8,11,15,19H,9-10,12H2,1H3. The summed E-state index contributed by atoms with van der Waals surface area (Å²) >= 11 is 0. The zero-order chi connectivity index (χ0) is 14.4. The van der Waals surface area contributed by atoms with Gasteiger partial charge in [-0.3, -0.25) is 0 Å². The van der Waals surface area contributed by atoms with Crippen molar-refractivity contribution in [3.63, 3.8) is 0 Å². The van der Waals surface area contributed by atoms with Gasteiger partial charge in [0.1, 0.15) is 0 Å². The maximum atomic E-state index is 13.6. The van der Waals surface area contributed by atoms with Crippen molar-refractivity contribution < 1.29 is 14.2 Å². The summed E-state index contributed by atoms with van der Waals surface area (Å²) in [6.07, 6.45) is 1.43. The number of hydrogen-bond acceptors (Lipinski definition) is 2. The number of benzene rings is 2. The van der Waals surface area contributed by atoms with Crippen LogP contribution in [-0.2, 0) is 12.8 Å². The van der Waals surface area contributed by atoms with Gasteiger partial charge in [-0.25, -0.2) is 4.39 Å². The monoisotopic (exact) mass is 274 g/mol. The molecule has 3 heteroatoms. The molecule has 106 valence electrons. The van der Waals surface area contributed by atoms with Gasteiger partial charge >= 0.3 is 0 Å². The van der Waals surface area contributed by atoms with Crippen LogP contribution in [0.4, 0.5) is 4.39 Å². The Balaban J connectivity index is 2.04. The van der Waals surface area contributed by atoms with Crippen LogP contribution in [0.1, 0.15) is 11.1 Å². The first-order valence-electron chi connectivity index (χ1n) is 6.70. The zero-order valence-electron chi connectivity index (χ0n) is 11.6. The third kappa shape index (κ3) is 3.81. The summed E-state index contributed by atoms with van der Waals surface area (Å²) < 4.78 is 18.5. The molecule has 1 unspecified atom stereocenters. The van der Waals surface area contributed by atoms with Crippen molar-refractivity contribution in [2.45, 2.75) is 12.8 Å². The Bertz CT molecular complexity index is 540. The molecule has 0 radical (unpaired) electrons. The first kappa shape index (κ1) is 14.5. The Morgan fingerprint density at radius 2 is 1.75 bits per heavy atom. The molecular formula is C17H19FO2. The van der Waals surface area contributed by atoms with E-state index in [-0.39, 0.29) is 24.1 Å². The van der Waals surface area contributed by atoms with E-state index in [4.69, 9.17) is 4.74 Å². The van der Waals surface area contributed by atoms with Crippen molar-refractivity contribution in [3.8, 4) is 5.75 Å². The summed E-state index contributed by atoms with van der Waals surface area (Å²) in [5, 5.41) is 9.50. The summed E-state index contributed by atoms with van der Waals surface area (Å²) in [5.41, 5.74) is 2.05. The van der Waals surface area contributed by atoms with E-state index >= 15 is 0 Å². The molecule has 2 nitrogen and oxygen atoms in total. The van der Waals surface area contributed by atoms with Gasteiger partial charge in [-0.05, 0) is 42.0 Å². The smallest absolute Gasteiger partial charge is 0.165 e. The van der Waals surface area contributed by atoms with Gasteiger partial charge < -0.3 is 9.84 Å². The minimum Gasteiger partial charge on any atom is -0.494 e. The Morgan fingerprint density at radius 3 is 2.35 bits per heavy atom. The van der Waals surface area contributed by atoms with E-state index < -0.39 is 0 Å². The van der Waals surface area contributed by atoms with E-state index in [2.05, 4.69) is 0 Å². The van der Waals surface area contributed by atoms with Crippen molar-refractivity contribution >= 4 is 0 Å². The van der Waals surface area contributed by atoms with Crippen LogP contribution in [0.2, 0.25) is 0 Å². The van der Waals surface area contributed by atoms with Crippen LogP contribution in [-0.4, -0.2) is 18.8 Å². The molecule has 0 saturated heterocycles. The van der Waals surface area contributed by atoms with E-state index in [1.165, 1.54) is 18.7 Å². The second-order valence-corrected chi connectivity index (χ2v) is 4.91. The van der Waals surface area contributed by atoms with Gasteiger partial charge in [-0.1, -0.05) is 36.4 Å². The van der Waals surface area contributed by atoms with E-state index in [1.807, 2.05) is 36.4 Å². The number of hydrogen-bond donors (Lipinski definition) is 1. The zero-order valence-corrected chi connectivity index (χ0v) is 11.6. The molecule has 0 fully saturated rings. The topological polar surface area (TPSA) is 29.5 Å². The van der Waals surface area contributed by atoms with E-state index in [0.29, 0.717) is 6.42 Å². The third-order valence-electron chi connectivity index (χ3n) is 3.37. The van der Waals surface area contributed by atoms with Gasteiger partial charge in [0, 0.05) is 6.61 Å². The molecule has 0 aliphatic carbocycles. The van der Waals surface area contributed by atoms with Crippen LogP contribution in [0.15, 0.2) is 48.5 Å². The third-order valence-corrected chi connectivity index (χ3v) is 3.37. The van der Waals surface area contributed by atoms with Gasteiger partial charge in [-0.15, -0.1) is 0 Å². The van der Waals surface area contributed by atoms with Crippen LogP contribution in [0.25, 0.3) is 0 Å². The molecule has 1 N–H and O–H groups in total. The highest BCUT2D eigenvalue weighted by atomic mass is 19.1. The van der Waals surface area contributed by atoms with Crippen molar-refractivity contribution in [2.75, 3.05) is 13.7 Å². The van der Waals surface area contributed by atoms with Crippen LogP contribution in [0.5, 0.6) is 5.75 Å². The highest BCUT2D eigenvalue weighted by Gasteiger charge is 2.11. The van der Waals surface area contributed by atoms with Gasteiger partial charge in [0.25, 0.3) is 0 Å². The lowest BCUT2D eigenvalue weighted by Gasteiger charge is -2.15. The fourth-order valence-electron chi connectivity index (χ4n) is 2.32. The van der Waals surface area contributed by atoms with Crippen LogP contribution >= 0.6 is 0 Å². The summed E-state index contributed by atoms with van der Waals surface area (Å²) in [7, 11) is 1.45. The van der Waals surface area contributed by atoms with Crippen molar-refractivity contribution in [1.82, 2.24) is 0 Å². The summed E-state index contributed by atoms with van der Waals surface area (Å²) in [4.78, 5) is 0. The average molecular weight is 274 g/mol. The van der Waals surface area contributed by atoms with Crippen molar-refractivity contribution in [1.29, 1.82) is 0 Å². The molecule has 0 saturated carbocycles. The first-order valence-corrected chi connectivity index (χ1v) is 6.70. The molecule has 0 aromatic heterocycles. The van der Waals surface area contributed by atoms with Crippen LogP contribution in [0, 0.1) is 11.7 Å². The number of aliphatic hydroxyl groups excluding tert-OH is 1. The predicted molar refractivity (Wildman–Crippen MR) is 77.4 cm³/mol. The maximum Gasteiger partial charge on any atom is 0.165 e. The number of halogens is 1. The Hall–Kier alpha value is -1.87. The highest BCUT2D eigenvalue weighted by Crippen LogP contribution is 2.21. The summed E-state index contributed by atoms with van der Waals surface area (Å²) in [6.45, 7) is 0.0859. The molecule has 0 heterocycles. The summed E-state index contributed by atoms with van der Waals surface area (Å²) in [5.74, 6) is -0.0241. The molecule has 1 atom stereocenters. The van der Waals surface area contributed by atoms with Crippen LogP contribution < -0.4 is 4.74 Å². The second kappa shape index (κ2) is 7.06. The second-order valence-electron chi connectivity index (χ2n) is 4.91. The Morgan fingerprint density at radius 1 is 1.05 bits per heavy atom. The molecule has 2 rings (SSSR count). The molecule has 0 aliphatic rings. The van der Waals surface area contributed by atoms with E-state index in [0.717, 1.165) is 12.0 Å². The maximum absolute atomic E-state index is 13.6. The largest absolute Gasteiger partial charge is 0.494 e. The summed E-state index contributed by atoms with van der Waals surface area (Å²) in [6, 6.07) is 15.0. The van der Waals surface area contributed by atoms with Crippen molar-refractivity contribution in [3.05, 3.63) is 65.5 Å². The normalized spacial score (nSPS) is 12.2. The lowest BCUT2D eigenvalue weighted by molar-refractivity contribution is 0.225. The van der Waals surface area contributed by atoms with Gasteiger partial charge in [-0.2, -0.15) is 0 Å². The SMILES string of the molecule is COc1ccc(CC(CO)Cc2ccccc2)cc1F. The van der Waals surface area contributed by atoms with Gasteiger partial charge in [0.2, 0.25) is 0 Å². The lowest BCUT2D eigenvalue weighted by Crippen LogP contribution is -2.13. The van der Waals surface area contributed by atoms with Gasteiger partial charge in [0.15, 0.2) is 11.6 Å². The molecule has 0 amide bonds. The number of aliphatic hydroxyl groups is 1. The van der Waals surface area contributed by atoms with E-state index in [1.54, 1.807) is 6.07 Å². The highest BCUT2D eigenvalue weighted by molar-refractivity contribution is 5.29. The number of methoxy groups -OCH3 is 1. The minimum atomic E-state index is -0.360. The van der Waals surface area contributed by atoms with Crippen molar-refractivity contribution in [2.24, 2.45) is 5.92 Å². The number of ether oxygens (including phenoxy) is 1. The molecule has 0 spiro atoms. The molecule has 2 aromatic carbocycles. The molecular weight excluding hydrogens is 255 g/mol. The molecule has 20 heavy (non-hydrogen) atoms. The Labute approximate surface area is 118 Å². The fourth-order valence-corrected chi connectivity index (χ4v) is 2.32.